The fraction of sp³-hybridized carbons (Fsp3) is 0.133. The van der Waals surface area contributed by atoms with Crippen molar-refractivity contribution < 1.29 is 9.53 Å². The molecular weight excluding hydrogens is 254 g/mol. The van der Waals surface area contributed by atoms with Crippen LogP contribution in [0.2, 0.25) is 0 Å². The molecule has 0 aliphatic heterocycles. The molecule has 0 saturated carbocycles. The molecule has 20 heavy (non-hydrogen) atoms. The monoisotopic (exact) mass is 267 g/mol. The predicted molar refractivity (Wildman–Crippen MR) is 74.4 cm³/mol. The van der Waals surface area contributed by atoms with Crippen molar-refractivity contribution in [2.24, 2.45) is 0 Å². The number of ether oxygens (including phenoxy) is 1. The van der Waals surface area contributed by atoms with E-state index in [-0.39, 0.29) is 0 Å². The summed E-state index contributed by atoms with van der Waals surface area (Å²) in [6.45, 7) is 2.10. The van der Waals surface area contributed by atoms with Gasteiger partial charge in [0, 0.05) is 17.8 Å². The van der Waals surface area contributed by atoms with E-state index in [1.807, 2.05) is 30.3 Å². The van der Waals surface area contributed by atoms with Gasteiger partial charge in [-0.15, -0.1) is 0 Å². The standard InChI is InChI=1S/C15H13N3O2/c1-2-20-15(19)14-12(11-6-4-3-5-7-11)10-16-13-8-9-17-18(13)14/h3-10H,2H2,1H3. The van der Waals surface area contributed by atoms with E-state index < -0.39 is 5.97 Å². The van der Waals surface area contributed by atoms with Gasteiger partial charge in [-0.05, 0) is 12.5 Å². The maximum Gasteiger partial charge on any atom is 0.357 e. The number of hydrogen-bond donors (Lipinski definition) is 0. The highest BCUT2D eigenvalue weighted by Gasteiger charge is 2.19. The summed E-state index contributed by atoms with van der Waals surface area (Å²) < 4.78 is 6.65. The molecule has 5 heteroatoms. The van der Waals surface area contributed by atoms with Crippen molar-refractivity contribution in [1.82, 2.24) is 14.6 Å². The Morgan fingerprint density at radius 3 is 2.80 bits per heavy atom. The number of carbonyl (C=O) groups excluding carboxylic acids is 1. The zero-order valence-corrected chi connectivity index (χ0v) is 11.0. The molecule has 0 N–H and O–H groups in total. The Morgan fingerprint density at radius 2 is 2.05 bits per heavy atom. The van der Waals surface area contributed by atoms with Gasteiger partial charge in [0.25, 0.3) is 0 Å². The van der Waals surface area contributed by atoms with E-state index in [2.05, 4.69) is 10.1 Å². The minimum absolute atomic E-state index is 0.318. The van der Waals surface area contributed by atoms with Gasteiger partial charge in [-0.25, -0.2) is 14.3 Å². The SMILES string of the molecule is CCOC(=O)c1c(-c2ccccc2)cnc2ccnn12. The highest BCUT2D eigenvalue weighted by molar-refractivity contribution is 5.95. The molecule has 0 radical (unpaired) electrons. The normalized spacial score (nSPS) is 10.7. The van der Waals surface area contributed by atoms with Crippen molar-refractivity contribution >= 4 is 11.6 Å². The van der Waals surface area contributed by atoms with Crippen molar-refractivity contribution in [3.8, 4) is 11.1 Å². The van der Waals surface area contributed by atoms with Gasteiger partial charge in [0.2, 0.25) is 0 Å². The first-order valence-corrected chi connectivity index (χ1v) is 6.36. The average Bonchev–Trinajstić information content (AvgIpc) is 2.95. The maximum absolute atomic E-state index is 12.2. The Morgan fingerprint density at radius 1 is 1.25 bits per heavy atom. The molecular formula is C15H13N3O2. The van der Waals surface area contributed by atoms with Gasteiger partial charge in [0.05, 0.1) is 12.8 Å². The van der Waals surface area contributed by atoms with Gasteiger partial charge in [-0.1, -0.05) is 30.3 Å². The van der Waals surface area contributed by atoms with E-state index in [0.717, 1.165) is 5.56 Å². The molecule has 0 fully saturated rings. The minimum atomic E-state index is -0.401. The number of nitrogens with zero attached hydrogens (tertiary/aromatic N) is 3. The second-order valence-corrected chi connectivity index (χ2v) is 4.21. The number of carbonyl (C=O) groups is 1. The first-order valence-electron chi connectivity index (χ1n) is 6.36. The second-order valence-electron chi connectivity index (χ2n) is 4.21. The lowest BCUT2D eigenvalue weighted by Crippen LogP contribution is -2.13. The third-order valence-electron chi connectivity index (χ3n) is 2.97. The number of aromatic nitrogens is 3. The van der Waals surface area contributed by atoms with E-state index >= 15 is 0 Å². The van der Waals surface area contributed by atoms with E-state index in [0.29, 0.717) is 23.5 Å². The van der Waals surface area contributed by atoms with Gasteiger partial charge in [-0.3, -0.25) is 0 Å². The Hall–Kier alpha value is -2.69. The summed E-state index contributed by atoms with van der Waals surface area (Å²) >= 11 is 0. The van der Waals surface area contributed by atoms with Gasteiger partial charge in [-0.2, -0.15) is 5.10 Å². The second kappa shape index (κ2) is 5.13. The molecule has 0 amide bonds. The molecule has 0 spiro atoms. The number of benzene rings is 1. The van der Waals surface area contributed by atoms with Crippen LogP contribution in [0, 0.1) is 0 Å². The summed E-state index contributed by atoms with van der Waals surface area (Å²) in [6.07, 6.45) is 3.29. The Kier molecular flexibility index (Phi) is 3.16. The predicted octanol–water partition coefficient (Wildman–Crippen LogP) is 2.57. The van der Waals surface area contributed by atoms with E-state index in [1.54, 1.807) is 25.4 Å². The van der Waals surface area contributed by atoms with Crippen LogP contribution in [0.1, 0.15) is 17.4 Å². The van der Waals surface area contributed by atoms with Gasteiger partial charge >= 0.3 is 5.97 Å². The Balaban J connectivity index is 2.26. The third kappa shape index (κ3) is 2.03. The number of rotatable bonds is 3. The molecule has 0 aliphatic carbocycles. The topological polar surface area (TPSA) is 56.5 Å². The smallest absolute Gasteiger partial charge is 0.357 e. The summed E-state index contributed by atoms with van der Waals surface area (Å²) in [5, 5.41) is 4.16. The fourth-order valence-electron chi connectivity index (χ4n) is 2.10. The number of esters is 1. The zero-order valence-electron chi connectivity index (χ0n) is 11.0. The van der Waals surface area contributed by atoms with E-state index in [9.17, 15) is 4.79 Å². The van der Waals surface area contributed by atoms with Crippen LogP contribution >= 0.6 is 0 Å². The van der Waals surface area contributed by atoms with E-state index in [4.69, 9.17) is 4.74 Å². The number of fused-ring (bicyclic) bond motifs is 1. The first kappa shape index (κ1) is 12.3. The van der Waals surface area contributed by atoms with Crippen LogP contribution in [0.15, 0.2) is 48.8 Å². The van der Waals surface area contributed by atoms with Crippen molar-refractivity contribution in [3.63, 3.8) is 0 Å². The van der Waals surface area contributed by atoms with Gasteiger partial charge in [0.15, 0.2) is 11.3 Å². The fourth-order valence-corrected chi connectivity index (χ4v) is 2.10. The molecule has 3 aromatic rings. The van der Waals surface area contributed by atoms with Gasteiger partial charge in [0.1, 0.15) is 0 Å². The van der Waals surface area contributed by atoms with Crippen molar-refractivity contribution in [2.45, 2.75) is 6.92 Å². The lowest BCUT2D eigenvalue weighted by molar-refractivity contribution is 0.0517. The highest BCUT2D eigenvalue weighted by atomic mass is 16.5. The molecule has 3 rings (SSSR count). The molecule has 0 unspecified atom stereocenters. The van der Waals surface area contributed by atoms with Crippen LogP contribution in [-0.4, -0.2) is 27.2 Å². The third-order valence-corrected chi connectivity index (χ3v) is 2.97. The van der Waals surface area contributed by atoms with Gasteiger partial charge < -0.3 is 4.74 Å². The highest BCUT2D eigenvalue weighted by Crippen LogP contribution is 2.24. The van der Waals surface area contributed by atoms with E-state index in [1.165, 1.54) is 4.52 Å². The minimum Gasteiger partial charge on any atom is -0.461 e. The molecule has 0 aliphatic rings. The summed E-state index contributed by atoms with van der Waals surface area (Å²) in [5.41, 5.74) is 2.63. The maximum atomic E-state index is 12.2. The van der Waals surface area contributed by atoms with Crippen molar-refractivity contribution in [3.05, 3.63) is 54.5 Å². The molecule has 0 bridgehead atoms. The molecule has 5 nitrogen and oxygen atoms in total. The molecule has 1 aromatic carbocycles. The lowest BCUT2D eigenvalue weighted by Gasteiger charge is -2.10. The van der Waals surface area contributed by atoms with Crippen LogP contribution in [0.25, 0.3) is 16.8 Å². The van der Waals surface area contributed by atoms with Crippen LogP contribution < -0.4 is 0 Å². The summed E-state index contributed by atoms with van der Waals surface area (Å²) in [4.78, 5) is 16.6. The molecule has 2 heterocycles. The lowest BCUT2D eigenvalue weighted by atomic mass is 10.1. The summed E-state index contributed by atoms with van der Waals surface area (Å²) in [5.74, 6) is -0.401. The zero-order chi connectivity index (χ0) is 13.9. The molecule has 100 valence electrons. The van der Waals surface area contributed by atoms with Crippen LogP contribution in [0.5, 0.6) is 0 Å². The van der Waals surface area contributed by atoms with Crippen molar-refractivity contribution in [1.29, 1.82) is 0 Å². The van der Waals surface area contributed by atoms with Crippen LogP contribution in [-0.2, 0) is 4.74 Å². The number of hydrogen-bond acceptors (Lipinski definition) is 4. The molecule has 0 atom stereocenters. The Bertz CT molecular complexity index is 750. The summed E-state index contributed by atoms with van der Waals surface area (Å²) in [6, 6.07) is 11.4. The largest absolute Gasteiger partial charge is 0.461 e. The summed E-state index contributed by atoms with van der Waals surface area (Å²) in [7, 11) is 0. The van der Waals surface area contributed by atoms with Crippen LogP contribution in [0.3, 0.4) is 0 Å². The van der Waals surface area contributed by atoms with Crippen LogP contribution in [0.4, 0.5) is 0 Å². The molecule has 0 saturated heterocycles. The Labute approximate surface area is 115 Å². The van der Waals surface area contributed by atoms with Crippen molar-refractivity contribution in [2.75, 3.05) is 6.61 Å². The molecule has 2 aromatic heterocycles. The quantitative estimate of drug-likeness (QED) is 0.684. The first-order chi connectivity index (χ1) is 9.81. The average molecular weight is 267 g/mol.